The van der Waals surface area contributed by atoms with E-state index in [2.05, 4.69) is 11.9 Å². The second kappa shape index (κ2) is 7.46. The molecule has 5 heteroatoms. The SMILES string of the molecule is C=C(C)[C@@H](O)[C@H](C)C(=O)SCCNC(C)=O. The number of carbonyl (C=O) groups is 2. The van der Waals surface area contributed by atoms with Gasteiger partial charge in [-0.1, -0.05) is 30.8 Å². The summed E-state index contributed by atoms with van der Waals surface area (Å²) in [5.74, 6) is -0.0473. The molecular formula is C11H19NO3S. The maximum Gasteiger partial charge on any atom is 0.216 e. The molecule has 0 spiro atoms. The molecule has 0 unspecified atom stereocenters. The summed E-state index contributed by atoms with van der Waals surface area (Å²) < 4.78 is 0. The molecule has 0 fully saturated rings. The van der Waals surface area contributed by atoms with Crippen LogP contribution in [0.3, 0.4) is 0 Å². The van der Waals surface area contributed by atoms with Crippen LogP contribution in [-0.4, -0.2) is 34.5 Å². The van der Waals surface area contributed by atoms with E-state index < -0.39 is 12.0 Å². The third kappa shape index (κ3) is 5.92. The molecule has 0 heterocycles. The number of carbonyl (C=O) groups excluding carboxylic acids is 2. The predicted molar refractivity (Wildman–Crippen MR) is 66.1 cm³/mol. The van der Waals surface area contributed by atoms with Gasteiger partial charge in [0.05, 0.1) is 12.0 Å². The number of thioether (sulfide) groups is 1. The van der Waals surface area contributed by atoms with E-state index in [-0.39, 0.29) is 11.0 Å². The lowest BCUT2D eigenvalue weighted by Crippen LogP contribution is -2.26. The minimum Gasteiger partial charge on any atom is -0.388 e. The van der Waals surface area contributed by atoms with Crippen molar-refractivity contribution in [2.45, 2.75) is 26.9 Å². The molecule has 2 N–H and O–H groups in total. The van der Waals surface area contributed by atoms with Crippen LogP contribution in [0.2, 0.25) is 0 Å². The summed E-state index contributed by atoms with van der Waals surface area (Å²) >= 11 is 1.12. The molecule has 0 radical (unpaired) electrons. The quantitative estimate of drug-likeness (QED) is 0.540. The smallest absolute Gasteiger partial charge is 0.216 e. The van der Waals surface area contributed by atoms with Gasteiger partial charge in [0.25, 0.3) is 0 Å². The zero-order valence-corrected chi connectivity index (χ0v) is 10.8. The van der Waals surface area contributed by atoms with Gasteiger partial charge in [0.1, 0.15) is 0 Å². The van der Waals surface area contributed by atoms with E-state index in [9.17, 15) is 14.7 Å². The molecule has 1 amide bonds. The van der Waals surface area contributed by atoms with E-state index in [1.54, 1.807) is 13.8 Å². The van der Waals surface area contributed by atoms with Gasteiger partial charge in [0, 0.05) is 19.2 Å². The van der Waals surface area contributed by atoms with Crippen LogP contribution in [0.15, 0.2) is 12.2 Å². The molecule has 0 aliphatic rings. The molecule has 4 nitrogen and oxygen atoms in total. The summed E-state index contributed by atoms with van der Waals surface area (Å²) in [4.78, 5) is 22.1. The first-order valence-corrected chi connectivity index (χ1v) is 6.09. The van der Waals surface area contributed by atoms with Gasteiger partial charge >= 0.3 is 0 Å². The van der Waals surface area contributed by atoms with Crippen molar-refractivity contribution in [1.82, 2.24) is 5.32 Å². The van der Waals surface area contributed by atoms with Crippen LogP contribution in [0.25, 0.3) is 0 Å². The zero-order valence-electron chi connectivity index (χ0n) is 9.95. The number of aliphatic hydroxyl groups is 1. The Bertz CT molecular complexity index is 278. The standard InChI is InChI=1S/C11H19NO3S/c1-7(2)10(14)8(3)11(15)16-6-5-12-9(4)13/h8,10,14H,1,5-6H2,2-4H3,(H,12,13)/t8-,10+/m0/s1. The Morgan fingerprint density at radius 3 is 2.44 bits per heavy atom. The third-order valence-electron chi connectivity index (χ3n) is 2.07. The number of hydrogen-bond donors (Lipinski definition) is 2. The summed E-state index contributed by atoms with van der Waals surface area (Å²) in [5.41, 5.74) is 0.586. The van der Waals surface area contributed by atoms with Gasteiger partial charge in [-0.25, -0.2) is 0 Å². The fraction of sp³-hybridized carbons (Fsp3) is 0.636. The molecule has 0 aliphatic carbocycles. The zero-order chi connectivity index (χ0) is 12.7. The molecular weight excluding hydrogens is 226 g/mol. The molecule has 0 aromatic carbocycles. The fourth-order valence-corrected chi connectivity index (χ4v) is 1.86. The highest BCUT2D eigenvalue weighted by Crippen LogP contribution is 2.18. The Morgan fingerprint density at radius 2 is 2.00 bits per heavy atom. The highest BCUT2D eigenvalue weighted by Gasteiger charge is 2.22. The minimum absolute atomic E-state index is 0.0825. The molecule has 0 aliphatic heterocycles. The van der Waals surface area contributed by atoms with Crippen LogP contribution in [0.4, 0.5) is 0 Å². The lowest BCUT2D eigenvalue weighted by Gasteiger charge is -2.17. The Hall–Kier alpha value is -0.810. The Labute approximate surface area is 100 Å². The normalized spacial score (nSPS) is 14.0. The highest BCUT2D eigenvalue weighted by atomic mass is 32.2. The second-order valence-electron chi connectivity index (χ2n) is 3.73. The van der Waals surface area contributed by atoms with Crippen molar-refractivity contribution in [1.29, 1.82) is 0 Å². The molecule has 0 aromatic rings. The first-order chi connectivity index (χ1) is 7.36. The Balaban J connectivity index is 3.88. The molecule has 0 saturated carbocycles. The molecule has 2 atom stereocenters. The monoisotopic (exact) mass is 245 g/mol. The average Bonchev–Trinajstić information content (AvgIpc) is 2.21. The lowest BCUT2D eigenvalue weighted by molar-refractivity contribution is -0.119. The Kier molecular flexibility index (Phi) is 7.08. The Morgan fingerprint density at radius 1 is 1.44 bits per heavy atom. The van der Waals surface area contributed by atoms with E-state index in [1.165, 1.54) is 6.92 Å². The number of aliphatic hydroxyl groups excluding tert-OH is 1. The van der Waals surface area contributed by atoms with Crippen LogP contribution in [0.1, 0.15) is 20.8 Å². The fourth-order valence-electron chi connectivity index (χ4n) is 1.07. The summed E-state index contributed by atoms with van der Waals surface area (Å²) in [6, 6.07) is 0. The van der Waals surface area contributed by atoms with E-state index in [0.29, 0.717) is 17.9 Å². The number of nitrogens with one attached hydrogen (secondary N) is 1. The van der Waals surface area contributed by atoms with Crippen molar-refractivity contribution in [3.05, 3.63) is 12.2 Å². The van der Waals surface area contributed by atoms with E-state index in [0.717, 1.165) is 11.8 Å². The van der Waals surface area contributed by atoms with Crippen LogP contribution in [-0.2, 0) is 9.59 Å². The van der Waals surface area contributed by atoms with Crippen LogP contribution < -0.4 is 5.32 Å². The van der Waals surface area contributed by atoms with Gasteiger partial charge < -0.3 is 10.4 Å². The summed E-state index contributed by atoms with van der Waals surface area (Å²) in [6.45, 7) is 8.86. The topological polar surface area (TPSA) is 66.4 Å². The van der Waals surface area contributed by atoms with E-state index in [1.807, 2.05) is 0 Å². The predicted octanol–water partition coefficient (Wildman–Crippen LogP) is 0.955. The van der Waals surface area contributed by atoms with E-state index in [4.69, 9.17) is 0 Å². The molecule has 0 aromatic heterocycles. The van der Waals surface area contributed by atoms with Gasteiger partial charge in [-0.05, 0) is 6.92 Å². The summed E-state index contributed by atoms with van der Waals surface area (Å²) in [6.07, 6.45) is -0.791. The average molecular weight is 245 g/mol. The van der Waals surface area contributed by atoms with Crippen molar-refractivity contribution in [2.75, 3.05) is 12.3 Å². The largest absolute Gasteiger partial charge is 0.388 e. The van der Waals surface area contributed by atoms with Crippen molar-refractivity contribution in [3.63, 3.8) is 0 Å². The number of hydrogen-bond acceptors (Lipinski definition) is 4. The van der Waals surface area contributed by atoms with Crippen LogP contribution in [0.5, 0.6) is 0 Å². The molecule has 16 heavy (non-hydrogen) atoms. The first kappa shape index (κ1) is 15.2. The van der Waals surface area contributed by atoms with Crippen molar-refractivity contribution in [2.24, 2.45) is 5.92 Å². The molecule has 0 saturated heterocycles. The first-order valence-electron chi connectivity index (χ1n) is 5.10. The van der Waals surface area contributed by atoms with Gasteiger partial charge in [-0.2, -0.15) is 0 Å². The van der Waals surface area contributed by atoms with Gasteiger partial charge in [-0.3, -0.25) is 9.59 Å². The minimum atomic E-state index is -0.791. The van der Waals surface area contributed by atoms with E-state index >= 15 is 0 Å². The van der Waals surface area contributed by atoms with Gasteiger partial charge in [0.2, 0.25) is 5.91 Å². The molecule has 92 valence electrons. The summed E-state index contributed by atoms with van der Waals surface area (Å²) in [7, 11) is 0. The van der Waals surface area contributed by atoms with Crippen molar-refractivity contribution in [3.8, 4) is 0 Å². The second-order valence-corrected chi connectivity index (χ2v) is 4.83. The lowest BCUT2D eigenvalue weighted by atomic mass is 10.0. The van der Waals surface area contributed by atoms with Crippen molar-refractivity contribution >= 4 is 22.8 Å². The number of rotatable bonds is 6. The van der Waals surface area contributed by atoms with Gasteiger partial charge in [-0.15, -0.1) is 0 Å². The molecule has 0 bridgehead atoms. The highest BCUT2D eigenvalue weighted by molar-refractivity contribution is 8.13. The maximum absolute atomic E-state index is 11.6. The molecule has 0 rings (SSSR count). The van der Waals surface area contributed by atoms with Crippen LogP contribution in [0, 0.1) is 5.92 Å². The van der Waals surface area contributed by atoms with Crippen LogP contribution >= 0.6 is 11.8 Å². The maximum atomic E-state index is 11.6. The number of amides is 1. The van der Waals surface area contributed by atoms with Gasteiger partial charge in [0.15, 0.2) is 5.12 Å². The summed E-state index contributed by atoms with van der Waals surface area (Å²) in [5, 5.41) is 12.1. The third-order valence-corrected chi connectivity index (χ3v) is 3.14. The van der Waals surface area contributed by atoms with Crippen molar-refractivity contribution < 1.29 is 14.7 Å².